The zero-order valence-electron chi connectivity index (χ0n) is 15.4. The van der Waals surface area contributed by atoms with Gasteiger partial charge in [0, 0.05) is 23.1 Å². The Balaban J connectivity index is 1.61. The number of likely N-dealkylation sites (tertiary alicyclic amines) is 1. The molecule has 1 amide bonds. The number of nitrogens with zero attached hydrogens (tertiary/aromatic N) is 3. The van der Waals surface area contributed by atoms with Gasteiger partial charge in [-0.2, -0.15) is 0 Å². The van der Waals surface area contributed by atoms with Gasteiger partial charge in [-0.15, -0.1) is 0 Å². The zero-order valence-corrected chi connectivity index (χ0v) is 16.9. The molecule has 1 aliphatic heterocycles. The van der Waals surface area contributed by atoms with Crippen molar-refractivity contribution in [2.45, 2.75) is 19.4 Å². The Morgan fingerprint density at radius 2 is 1.85 bits per heavy atom. The van der Waals surface area contributed by atoms with Gasteiger partial charge in [-0.3, -0.25) is 14.3 Å². The van der Waals surface area contributed by atoms with E-state index in [0.29, 0.717) is 0 Å². The maximum absolute atomic E-state index is 11.9. The van der Waals surface area contributed by atoms with Crippen molar-refractivity contribution in [1.29, 1.82) is 0 Å². The monoisotopic (exact) mass is 426 g/mol. The summed E-state index contributed by atoms with van der Waals surface area (Å²) >= 11 is 3.51. The number of para-hydroxylation sites is 2. The van der Waals surface area contributed by atoms with E-state index >= 15 is 0 Å². The number of hydrogen-bond acceptors (Lipinski definition) is 3. The van der Waals surface area contributed by atoms with Crippen molar-refractivity contribution in [3.63, 3.8) is 0 Å². The fraction of sp³-hybridized carbons (Fsp3) is 0.333. The van der Waals surface area contributed by atoms with Gasteiger partial charge in [0.05, 0.1) is 17.6 Å². The third-order valence-electron chi connectivity index (χ3n) is 5.28. The van der Waals surface area contributed by atoms with Crippen molar-refractivity contribution in [2.24, 2.45) is 5.92 Å². The number of nitrogens with one attached hydrogen (secondary N) is 1. The highest BCUT2D eigenvalue weighted by atomic mass is 79.9. The van der Waals surface area contributed by atoms with Gasteiger partial charge in [0.15, 0.2) is 0 Å². The highest BCUT2D eigenvalue weighted by molar-refractivity contribution is 9.10. The number of imidazole rings is 1. The van der Waals surface area contributed by atoms with Crippen LogP contribution in [0.25, 0.3) is 16.7 Å². The van der Waals surface area contributed by atoms with E-state index in [1.807, 2.05) is 6.07 Å². The van der Waals surface area contributed by atoms with Crippen LogP contribution in [0.1, 0.15) is 18.7 Å². The molecule has 0 spiro atoms. The molecule has 6 heteroatoms. The van der Waals surface area contributed by atoms with Crippen LogP contribution in [0.15, 0.2) is 53.0 Å². The van der Waals surface area contributed by atoms with E-state index in [1.54, 1.807) is 7.05 Å². The lowest BCUT2D eigenvalue weighted by molar-refractivity contribution is -0.125. The fourth-order valence-corrected chi connectivity index (χ4v) is 4.08. The second-order valence-corrected chi connectivity index (χ2v) is 7.91. The third-order valence-corrected chi connectivity index (χ3v) is 5.81. The van der Waals surface area contributed by atoms with Crippen molar-refractivity contribution in [3.8, 4) is 5.69 Å². The van der Waals surface area contributed by atoms with Gasteiger partial charge < -0.3 is 5.32 Å². The molecule has 140 valence electrons. The first-order chi connectivity index (χ1) is 13.2. The van der Waals surface area contributed by atoms with Crippen LogP contribution in [-0.4, -0.2) is 40.5 Å². The van der Waals surface area contributed by atoms with Gasteiger partial charge in [-0.1, -0.05) is 28.1 Å². The molecule has 1 saturated heterocycles. The first-order valence-corrected chi connectivity index (χ1v) is 10.1. The van der Waals surface area contributed by atoms with Crippen LogP contribution in [0.3, 0.4) is 0 Å². The van der Waals surface area contributed by atoms with Crippen molar-refractivity contribution in [3.05, 3.63) is 58.8 Å². The Labute approximate surface area is 167 Å². The molecule has 1 aromatic heterocycles. The van der Waals surface area contributed by atoms with Crippen LogP contribution in [-0.2, 0) is 11.3 Å². The maximum atomic E-state index is 11.9. The largest absolute Gasteiger partial charge is 0.359 e. The molecule has 0 saturated carbocycles. The van der Waals surface area contributed by atoms with E-state index in [9.17, 15) is 4.79 Å². The number of hydrogen-bond donors (Lipinski definition) is 1. The summed E-state index contributed by atoms with van der Waals surface area (Å²) in [5.41, 5.74) is 3.24. The van der Waals surface area contributed by atoms with Gasteiger partial charge in [0.2, 0.25) is 5.91 Å². The number of rotatable bonds is 4. The molecule has 2 heterocycles. The molecule has 3 aromatic rings. The third kappa shape index (κ3) is 3.77. The van der Waals surface area contributed by atoms with Crippen LogP contribution < -0.4 is 5.32 Å². The van der Waals surface area contributed by atoms with E-state index in [1.165, 1.54) is 0 Å². The maximum Gasteiger partial charge on any atom is 0.222 e. The number of carbonyl (C=O) groups excluding carboxylic acids is 1. The molecule has 0 radical (unpaired) electrons. The van der Waals surface area contributed by atoms with Gasteiger partial charge in [0.1, 0.15) is 5.82 Å². The summed E-state index contributed by atoms with van der Waals surface area (Å²) in [4.78, 5) is 19.2. The number of aromatic nitrogens is 2. The predicted molar refractivity (Wildman–Crippen MR) is 111 cm³/mol. The minimum absolute atomic E-state index is 0.136. The Bertz CT molecular complexity index is 942. The Morgan fingerprint density at radius 1 is 1.15 bits per heavy atom. The van der Waals surface area contributed by atoms with Crippen LogP contribution >= 0.6 is 15.9 Å². The summed E-state index contributed by atoms with van der Waals surface area (Å²) < 4.78 is 3.31. The Morgan fingerprint density at radius 3 is 2.56 bits per heavy atom. The summed E-state index contributed by atoms with van der Waals surface area (Å²) in [6.45, 7) is 2.62. The Kier molecular flexibility index (Phi) is 5.27. The molecule has 1 N–H and O–H groups in total. The molecule has 4 rings (SSSR count). The van der Waals surface area contributed by atoms with E-state index < -0.39 is 0 Å². The van der Waals surface area contributed by atoms with Crippen LogP contribution in [0.5, 0.6) is 0 Å². The summed E-state index contributed by atoms with van der Waals surface area (Å²) in [6, 6.07) is 16.6. The van der Waals surface area contributed by atoms with Gasteiger partial charge in [-0.05, 0) is 62.3 Å². The Hall–Kier alpha value is -2.18. The minimum Gasteiger partial charge on any atom is -0.359 e. The molecule has 0 bridgehead atoms. The zero-order chi connectivity index (χ0) is 18.8. The molecule has 0 atom stereocenters. The highest BCUT2D eigenvalue weighted by Gasteiger charge is 2.25. The van der Waals surface area contributed by atoms with Crippen molar-refractivity contribution in [1.82, 2.24) is 19.8 Å². The van der Waals surface area contributed by atoms with E-state index in [-0.39, 0.29) is 11.8 Å². The van der Waals surface area contributed by atoms with E-state index in [2.05, 4.69) is 73.2 Å². The van der Waals surface area contributed by atoms with Crippen molar-refractivity contribution < 1.29 is 4.79 Å². The average molecular weight is 427 g/mol. The summed E-state index contributed by atoms with van der Waals surface area (Å²) in [7, 11) is 1.72. The number of carbonyl (C=O) groups is 1. The van der Waals surface area contributed by atoms with E-state index in [4.69, 9.17) is 4.98 Å². The van der Waals surface area contributed by atoms with Gasteiger partial charge in [0.25, 0.3) is 0 Å². The normalized spacial score (nSPS) is 15.9. The summed E-state index contributed by atoms with van der Waals surface area (Å²) in [6.07, 6.45) is 1.80. The fourth-order valence-electron chi connectivity index (χ4n) is 3.82. The number of halogens is 1. The molecule has 5 nitrogen and oxygen atoms in total. The molecule has 1 fully saturated rings. The summed E-state index contributed by atoms with van der Waals surface area (Å²) in [5.74, 6) is 1.34. The SMILES string of the molecule is CNC(=O)C1CCN(Cc2nc3ccccc3n2-c2ccc(Br)cc2)CC1. The topological polar surface area (TPSA) is 50.2 Å². The second kappa shape index (κ2) is 7.82. The average Bonchev–Trinajstić information content (AvgIpc) is 3.06. The van der Waals surface area contributed by atoms with Crippen LogP contribution in [0.2, 0.25) is 0 Å². The molecule has 27 heavy (non-hydrogen) atoms. The second-order valence-electron chi connectivity index (χ2n) is 6.99. The highest BCUT2D eigenvalue weighted by Crippen LogP contribution is 2.25. The first-order valence-electron chi connectivity index (χ1n) is 9.32. The molecular weight excluding hydrogens is 404 g/mol. The number of piperidine rings is 1. The van der Waals surface area contributed by atoms with E-state index in [0.717, 1.165) is 59.5 Å². The molecular formula is C21H23BrN4O. The number of benzene rings is 2. The lowest BCUT2D eigenvalue weighted by Crippen LogP contribution is -2.39. The lowest BCUT2D eigenvalue weighted by Gasteiger charge is -2.30. The van der Waals surface area contributed by atoms with Crippen LogP contribution in [0, 0.1) is 5.92 Å². The molecule has 0 aliphatic carbocycles. The smallest absolute Gasteiger partial charge is 0.222 e. The van der Waals surface area contributed by atoms with Crippen LogP contribution in [0.4, 0.5) is 0 Å². The number of amides is 1. The van der Waals surface area contributed by atoms with Gasteiger partial charge in [-0.25, -0.2) is 4.98 Å². The molecule has 2 aromatic carbocycles. The van der Waals surface area contributed by atoms with Crippen molar-refractivity contribution >= 4 is 32.9 Å². The predicted octanol–water partition coefficient (Wildman–Crippen LogP) is 3.75. The molecule has 1 aliphatic rings. The first kappa shape index (κ1) is 18.2. The minimum atomic E-state index is 0.136. The quantitative estimate of drug-likeness (QED) is 0.690. The lowest BCUT2D eigenvalue weighted by atomic mass is 9.96. The van der Waals surface area contributed by atoms with Gasteiger partial charge >= 0.3 is 0 Å². The van der Waals surface area contributed by atoms with Crippen molar-refractivity contribution in [2.75, 3.05) is 20.1 Å². The number of fused-ring (bicyclic) bond motifs is 1. The standard InChI is InChI=1S/C21H23BrN4O/c1-23-21(27)15-10-12-25(13-11-15)14-20-24-18-4-2-3-5-19(18)26(20)17-8-6-16(22)7-9-17/h2-9,15H,10-14H2,1H3,(H,23,27). The molecule has 0 unspecified atom stereocenters. The summed E-state index contributed by atoms with van der Waals surface area (Å²) in [5, 5.41) is 2.77.